The highest BCUT2D eigenvalue weighted by molar-refractivity contribution is 6.46. The Labute approximate surface area is 177 Å². The van der Waals surface area contributed by atoms with Gasteiger partial charge in [-0.25, -0.2) is 9.29 Å². The van der Waals surface area contributed by atoms with Gasteiger partial charge in [-0.3, -0.25) is 9.59 Å². The summed E-state index contributed by atoms with van der Waals surface area (Å²) in [5, 5.41) is 0.512. The molecule has 148 valence electrons. The summed E-state index contributed by atoms with van der Waals surface area (Å²) in [6.45, 7) is 0.590. The van der Waals surface area contributed by atoms with E-state index in [1.807, 2.05) is 29.2 Å². The molecule has 2 amide bonds. The van der Waals surface area contributed by atoms with E-state index in [1.165, 1.54) is 24.3 Å². The third-order valence-electron chi connectivity index (χ3n) is 5.43. The summed E-state index contributed by atoms with van der Waals surface area (Å²) in [7, 11) is 0. The number of fused-ring (bicyclic) bond motifs is 1. The number of para-hydroxylation sites is 1. The molecule has 2 aliphatic rings. The number of carbonyl (C=O) groups is 2. The van der Waals surface area contributed by atoms with Crippen molar-refractivity contribution in [1.82, 2.24) is 0 Å². The number of anilines is 2. The Bertz CT molecular complexity index is 1200. The number of imide groups is 1. The Morgan fingerprint density at radius 2 is 1.53 bits per heavy atom. The summed E-state index contributed by atoms with van der Waals surface area (Å²) in [4.78, 5) is 30.1. The second kappa shape index (κ2) is 7.11. The van der Waals surface area contributed by atoms with Crippen LogP contribution in [0.2, 0.25) is 5.02 Å². The van der Waals surface area contributed by atoms with Gasteiger partial charge >= 0.3 is 0 Å². The van der Waals surface area contributed by atoms with Gasteiger partial charge in [-0.2, -0.15) is 0 Å². The van der Waals surface area contributed by atoms with Crippen molar-refractivity contribution in [2.45, 2.75) is 6.42 Å². The fourth-order valence-electron chi connectivity index (χ4n) is 4.04. The summed E-state index contributed by atoms with van der Waals surface area (Å²) in [6, 6.07) is 20.0. The molecule has 0 N–H and O–H groups in total. The van der Waals surface area contributed by atoms with Gasteiger partial charge in [0.05, 0.1) is 11.3 Å². The van der Waals surface area contributed by atoms with Crippen molar-refractivity contribution < 1.29 is 14.0 Å². The van der Waals surface area contributed by atoms with Gasteiger partial charge in [0.2, 0.25) is 0 Å². The Morgan fingerprint density at radius 3 is 2.27 bits per heavy atom. The van der Waals surface area contributed by atoms with Crippen LogP contribution < -0.4 is 9.80 Å². The summed E-state index contributed by atoms with van der Waals surface area (Å²) in [5.74, 6) is -1.24. The first kappa shape index (κ1) is 18.6. The van der Waals surface area contributed by atoms with E-state index in [0.717, 1.165) is 22.6 Å². The quantitative estimate of drug-likeness (QED) is 0.572. The molecule has 0 bridgehead atoms. The molecule has 0 aromatic heterocycles. The molecule has 6 heteroatoms. The molecule has 2 aliphatic heterocycles. The topological polar surface area (TPSA) is 40.6 Å². The van der Waals surface area contributed by atoms with Gasteiger partial charge in [0.25, 0.3) is 11.8 Å². The van der Waals surface area contributed by atoms with Gasteiger partial charge in [-0.15, -0.1) is 0 Å². The lowest BCUT2D eigenvalue weighted by Crippen LogP contribution is -2.34. The Morgan fingerprint density at radius 1 is 0.833 bits per heavy atom. The maximum atomic E-state index is 13.5. The van der Waals surface area contributed by atoms with Crippen molar-refractivity contribution in [3.8, 4) is 0 Å². The van der Waals surface area contributed by atoms with E-state index >= 15 is 0 Å². The lowest BCUT2D eigenvalue weighted by Gasteiger charge is -2.21. The Hall–Kier alpha value is -3.44. The minimum atomic E-state index is -0.437. The van der Waals surface area contributed by atoms with Crippen LogP contribution in [0.15, 0.2) is 78.5 Å². The van der Waals surface area contributed by atoms with Crippen molar-refractivity contribution in [3.63, 3.8) is 0 Å². The van der Waals surface area contributed by atoms with Crippen LogP contribution in [0.1, 0.15) is 11.1 Å². The van der Waals surface area contributed by atoms with E-state index in [9.17, 15) is 14.0 Å². The van der Waals surface area contributed by atoms with Crippen molar-refractivity contribution in [1.29, 1.82) is 0 Å². The number of rotatable bonds is 3. The molecule has 0 unspecified atom stereocenters. The highest BCUT2D eigenvalue weighted by Gasteiger charge is 2.44. The lowest BCUT2D eigenvalue weighted by atomic mass is 10.0. The average Bonchev–Trinajstić information content (AvgIpc) is 3.28. The predicted molar refractivity (Wildman–Crippen MR) is 115 cm³/mol. The van der Waals surface area contributed by atoms with Crippen LogP contribution in [0.25, 0.3) is 5.57 Å². The zero-order valence-corrected chi connectivity index (χ0v) is 16.6. The molecule has 0 fully saturated rings. The van der Waals surface area contributed by atoms with Gasteiger partial charge in [0, 0.05) is 17.3 Å². The smallest absolute Gasteiger partial charge is 0.282 e. The maximum absolute atomic E-state index is 13.5. The zero-order valence-electron chi connectivity index (χ0n) is 15.8. The van der Waals surface area contributed by atoms with Crippen molar-refractivity contribution >= 4 is 40.4 Å². The SMILES string of the molecule is O=C1C(c2ccc(F)cc2)=C(N2CCc3ccccc32)C(=O)N1c1ccc(Cl)cc1. The van der Waals surface area contributed by atoms with Crippen LogP contribution in [0, 0.1) is 5.82 Å². The van der Waals surface area contributed by atoms with E-state index in [-0.39, 0.29) is 5.57 Å². The van der Waals surface area contributed by atoms with Crippen LogP contribution in [0.3, 0.4) is 0 Å². The van der Waals surface area contributed by atoms with Crippen molar-refractivity contribution in [2.75, 3.05) is 16.3 Å². The van der Waals surface area contributed by atoms with Gasteiger partial charge in [0.15, 0.2) is 0 Å². The number of hydrogen-bond acceptors (Lipinski definition) is 3. The third kappa shape index (κ3) is 2.90. The van der Waals surface area contributed by atoms with E-state index < -0.39 is 17.6 Å². The average molecular weight is 419 g/mol. The van der Waals surface area contributed by atoms with Crippen molar-refractivity contribution in [3.05, 3.63) is 100 Å². The lowest BCUT2D eigenvalue weighted by molar-refractivity contribution is -0.120. The molecular formula is C24H16ClFN2O2. The molecular weight excluding hydrogens is 403 g/mol. The predicted octanol–water partition coefficient (Wildman–Crippen LogP) is 4.83. The van der Waals surface area contributed by atoms with Crippen LogP contribution >= 0.6 is 11.6 Å². The van der Waals surface area contributed by atoms with Gasteiger partial charge < -0.3 is 4.90 Å². The van der Waals surface area contributed by atoms with Crippen LogP contribution in [0.4, 0.5) is 15.8 Å². The zero-order chi connectivity index (χ0) is 20.8. The highest BCUT2D eigenvalue weighted by Crippen LogP contribution is 2.40. The molecule has 0 saturated carbocycles. The number of nitrogens with zero attached hydrogens (tertiary/aromatic N) is 2. The molecule has 0 spiro atoms. The third-order valence-corrected chi connectivity index (χ3v) is 5.69. The Kier molecular flexibility index (Phi) is 4.40. The molecule has 3 aromatic rings. The first-order valence-electron chi connectivity index (χ1n) is 9.54. The fraction of sp³-hybridized carbons (Fsp3) is 0.0833. The fourth-order valence-corrected chi connectivity index (χ4v) is 4.17. The summed E-state index contributed by atoms with van der Waals surface area (Å²) in [6.07, 6.45) is 0.777. The number of amides is 2. The minimum absolute atomic E-state index is 0.270. The van der Waals surface area contributed by atoms with Gasteiger partial charge in [-0.1, -0.05) is 41.9 Å². The molecule has 30 heavy (non-hydrogen) atoms. The minimum Gasteiger partial charge on any atom is -0.336 e. The van der Waals surface area contributed by atoms with Gasteiger partial charge in [0.1, 0.15) is 11.5 Å². The highest BCUT2D eigenvalue weighted by atomic mass is 35.5. The Balaban J connectivity index is 1.68. The number of benzene rings is 3. The number of carbonyl (C=O) groups excluding carboxylic acids is 2. The number of halogens is 2. The van der Waals surface area contributed by atoms with Crippen LogP contribution in [0.5, 0.6) is 0 Å². The van der Waals surface area contributed by atoms with E-state index in [1.54, 1.807) is 24.3 Å². The first-order valence-corrected chi connectivity index (χ1v) is 9.92. The standard InChI is InChI=1S/C24H16ClFN2O2/c25-17-7-11-19(12-8-17)28-23(29)21(16-5-9-18(26)10-6-16)22(24(28)30)27-14-13-15-3-1-2-4-20(15)27/h1-12H,13-14H2. The second-order valence-electron chi connectivity index (χ2n) is 7.18. The van der Waals surface area contributed by atoms with E-state index in [4.69, 9.17) is 11.6 Å². The molecule has 4 nitrogen and oxygen atoms in total. The monoisotopic (exact) mass is 418 g/mol. The largest absolute Gasteiger partial charge is 0.336 e. The van der Waals surface area contributed by atoms with Crippen LogP contribution in [-0.2, 0) is 16.0 Å². The summed E-state index contributed by atoms with van der Waals surface area (Å²) >= 11 is 5.98. The first-order chi connectivity index (χ1) is 14.5. The molecule has 0 atom stereocenters. The molecule has 3 aromatic carbocycles. The molecule has 5 rings (SSSR count). The molecule has 0 radical (unpaired) electrons. The molecule has 0 saturated heterocycles. The molecule has 0 aliphatic carbocycles. The van der Waals surface area contributed by atoms with Gasteiger partial charge in [-0.05, 0) is 60.0 Å². The van der Waals surface area contributed by atoms with E-state index in [0.29, 0.717) is 28.5 Å². The van der Waals surface area contributed by atoms with E-state index in [2.05, 4.69) is 0 Å². The molecule has 2 heterocycles. The summed E-state index contributed by atoms with van der Waals surface area (Å²) < 4.78 is 13.5. The van der Waals surface area contributed by atoms with Crippen molar-refractivity contribution in [2.24, 2.45) is 0 Å². The number of hydrogen-bond donors (Lipinski definition) is 0. The maximum Gasteiger partial charge on any atom is 0.282 e. The normalized spacial score (nSPS) is 15.9. The second-order valence-corrected chi connectivity index (χ2v) is 7.62. The summed E-state index contributed by atoms with van der Waals surface area (Å²) in [5.41, 5.74) is 3.56. The van der Waals surface area contributed by atoms with Crippen LogP contribution in [-0.4, -0.2) is 18.4 Å².